The van der Waals surface area contributed by atoms with Gasteiger partial charge in [-0.1, -0.05) is 102 Å². The third-order valence-electron chi connectivity index (χ3n) is 8.30. The zero-order valence-electron chi connectivity index (χ0n) is 30.1. The summed E-state index contributed by atoms with van der Waals surface area (Å²) in [6.45, 7) is 3.78. The lowest BCUT2D eigenvalue weighted by atomic mass is 10.0. The summed E-state index contributed by atoms with van der Waals surface area (Å²) < 4.78 is 34.4. The minimum absolute atomic E-state index is 0.142. The second-order valence-electron chi connectivity index (χ2n) is 12.5. The molecular formula is C40H52ClNO8S. The van der Waals surface area contributed by atoms with E-state index in [-0.39, 0.29) is 22.0 Å². The second kappa shape index (κ2) is 23.6. The summed E-state index contributed by atoms with van der Waals surface area (Å²) in [4.78, 5) is 38.6. The van der Waals surface area contributed by atoms with Crippen LogP contribution in [0.4, 0.5) is 5.69 Å². The van der Waals surface area contributed by atoms with Crippen LogP contribution in [-0.4, -0.2) is 41.7 Å². The third-order valence-corrected chi connectivity index (χ3v) is 9.63. The van der Waals surface area contributed by atoms with Gasteiger partial charge in [0.15, 0.2) is 5.78 Å². The summed E-state index contributed by atoms with van der Waals surface area (Å²) in [5.74, 6) is -0.617. The summed E-state index contributed by atoms with van der Waals surface area (Å²) in [6.07, 6.45) is 15.9. The Kier molecular flexibility index (Phi) is 19.2. The van der Waals surface area contributed by atoms with Gasteiger partial charge >= 0.3 is 5.97 Å². The number of carbonyl (C=O) groups excluding carboxylic acids is 3. The molecule has 11 heteroatoms. The Morgan fingerprint density at radius 3 is 1.80 bits per heavy atom. The zero-order chi connectivity index (χ0) is 36.8. The zero-order valence-corrected chi connectivity index (χ0v) is 31.7. The number of ether oxygens (including phenoxy) is 3. The molecule has 2 unspecified atom stereocenters. The van der Waals surface area contributed by atoms with Crippen molar-refractivity contribution in [3.8, 4) is 17.2 Å². The van der Waals surface area contributed by atoms with Gasteiger partial charge in [-0.25, -0.2) is 9.00 Å². The maximum Gasteiger partial charge on any atom is 0.338 e. The molecule has 0 fully saturated rings. The van der Waals surface area contributed by atoms with Crippen LogP contribution in [-0.2, 0) is 25.4 Å². The van der Waals surface area contributed by atoms with Crippen LogP contribution < -0.4 is 19.0 Å². The quantitative estimate of drug-likeness (QED) is 0.0518. The van der Waals surface area contributed by atoms with Gasteiger partial charge in [0, 0.05) is 0 Å². The molecule has 0 heterocycles. The number of halogens is 1. The number of hydrogen-bond donors (Lipinski definition) is 1. The van der Waals surface area contributed by atoms with Crippen LogP contribution in [0.1, 0.15) is 114 Å². The fourth-order valence-corrected chi connectivity index (χ4v) is 6.25. The van der Waals surface area contributed by atoms with Crippen molar-refractivity contribution in [2.75, 3.05) is 19.0 Å². The summed E-state index contributed by atoms with van der Waals surface area (Å²) in [6, 6.07) is 17.0. The molecule has 0 aliphatic rings. The molecule has 0 saturated heterocycles. The second-order valence-corrected chi connectivity index (χ2v) is 14.0. The fraction of sp³-hybridized carbons (Fsp3) is 0.475. The van der Waals surface area contributed by atoms with Crippen molar-refractivity contribution < 1.29 is 37.0 Å². The highest BCUT2D eigenvalue weighted by atomic mass is 35.5. The van der Waals surface area contributed by atoms with Crippen LogP contribution in [0.5, 0.6) is 17.2 Å². The lowest BCUT2D eigenvalue weighted by Gasteiger charge is -2.17. The number of carbonyl (C=O) groups is 3. The van der Waals surface area contributed by atoms with E-state index in [4.69, 9.17) is 30.0 Å². The number of nitrogens with one attached hydrogen (secondary N) is 1. The number of anilines is 1. The first-order valence-corrected chi connectivity index (χ1v) is 19.5. The van der Waals surface area contributed by atoms with Crippen LogP contribution in [0.25, 0.3) is 0 Å². The van der Waals surface area contributed by atoms with Gasteiger partial charge in [-0.3, -0.25) is 9.59 Å². The van der Waals surface area contributed by atoms with E-state index in [9.17, 15) is 18.6 Å². The molecule has 3 aromatic rings. The van der Waals surface area contributed by atoms with Crippen LogP contribution in [0.3, 0.4) is 0 Å². The molecule has 1 amide bonds. The lowest BCUT2D eigenvalue weighted by molar-refractivity contribution is -0.133. The molecular weight excluding hydrogens is 690 g/mol. The van der Waals surface area contributed by atoms with Gasteiger partial charge in [-0.05, 0) is 80.1 Å². The Hall–Kier alpha value is -3.89. The van der Waals surface area contributed by atoms with Gasteiger partial charge in [0.05, 0.1) is 34.9 Å². The van der Waals surface area contributed by atoms with E-state index >= 15 is 0 Å². The number of amides is 1. The highest BCUT2D eigenvalue weighted by Crippen LogP contribution is 2.26. The van der Waals surface area contributed by atoms with Crippen LogP contribution in [0, 0.1) is 0 Å². The molecule has 0 aromatic heterocycles. The summed E-state index contributed by atoms with van der Waals surface area (Å²) in [5.41, 5.74) is 0.365. The summed E-state index contributed by atoms with van der Waals surface area (Å²) in [7, 11) is 1.55. The monoisotopic (exact) mass is 741 g/mol. The molecule has 9 nitrogen and oxygen atoms in total. The van der Waals surface area contributed by atoms with Gasteiger partial charge < -0.3 is 23.7 Å². The van der Waals surface area contributed by atoms with Crippen molar-refractivity contribution in [1.29, 1.82) is 0 Å². The van der Waals surface area contributed by atoms with E-state index in [1.165, 1.54) is 120 Å². The fourth-order valence-electron chi connectivity index (χ4n) is 5.34. The Morgan fingerprint density at radius 1 is 0.725 bits per heavy atom. The topological polar surface area (TPSA) is 117 Å². The Labute approximate surface area is 310 Å². The number of unbranched alkanes of at least 4 members (excludes halogenated alkanes) is 13. The predicted octanol–water partition coefficient (Wildman–Crippen LogP) is 10.1. The van der Waals surface area contributed by atoms with Gasteiger partial charge in [0.1, 0.15) is 17.2 Å². The average Bonchev–Trinajstić information content (AvgIpc) is 3.13. The highest BCUT2D eigenvalue weighted by Gasteiger charge is 2.27. The minimum atomic E-state index is -1.82. The van der Waals surface area contributed by atoms with Gasteiger partial charge in [-0.2, -0.15) is 0 Å². The molecule has 0 aliphatic heterocycles. The van der Waals surface area contributed by atoms with E-state index in [2.05, 4.69) is 12.2 Å². The molecule has 3 rings (SSSR count). The molecule has 2 atom stereocenters. The molecule has 0 bridgehead atoms. The molecule has 0 saturated carbocycles. The maximum atomic E-state index is 13.1. The number of ketones is 1. The van der Waals surface area contributed by atoms with Crippen LogP contribution >= 0.6 is 11.6 Å². The maximum absolute atomic E-state index is 13.1. The molecule has 0 spiro atoms. The van der Waals surface area contributed by atoms with Crippen molar-refractivity contribution in [3.63, 3.8) is 0 Å². The lowest BCUT2D eigenvalue weighted by Crippen LogP contribution is -2.38. The number of rotatable bonds is 25. The van der Waals surface area contributed by atoms with Crippen LogP contribution in [0.2, 0.25) is 5.02 Å². The first kappa shape index (κ1) is 41.5. The third kappa shape index (κ3) is 15.5. The van der Waals surface area contributed by atoms with E-state index in [0.29, 0.717) is 23.0 Å². The predicted molar refractivity (Wildman–Crippen MR) is 202 cm³/mol. The number of hydrogen-bond acceptors (Lipinski definition) is 8. The molecule has 278 valence electrons. The Morgan fingerprint density at radius 2 is 1.25 bits per heavy atom. The molecule has 3 aromatic carbocycles. The number of Topliss-reactive ketones (excluding diaryl/α,β-unsaturated/α-hetero) is 1. The molecule has 51 heavy (non-hydrogen) atoms. The summed E-state index contributed by atoms with van der Waals surface area (Å²) in [5, 5.41) is 2.77. The Bertz CT molecular complexity index is 1530. The summed E-state index contributed by atoms with van der Waals surface area (Å²) >= 11 is 4.50. The normalized spacial score (nSPS) is 12.1. The van der Waals surface area contributed by atoms with Crippen molar-refractivity contribution in [3.05, 3.63) is 77.3 Å². The van der Waals surface area contributed by atoms with E-state index in [1.54, 1.807) is 31.4 Å². The molecule has 1 N–H and O–H groups in total. The van der Waals surface area contributed by atoms with Crippen LogP contribution in [0.15, 0.2) is 71.6 Å². The Balaban J connectivity index is 1.40. The smallest absolute Gasteiger partial charge is 0.338 e. The van der Waals surface area contributed by atoms with Crippen molar-refractivity contribution in [2.45, 2.75) is 115 Å². The molecule has 0 radical (unpaired) electrons. The molecule has 0 aliphatic carbocycles. The largest absolute Gasteiger partial charge is 0.497 e. The van der Waals surface area contributed by atoms with Gasteiger partial charge in [0.25, 0.3) is 5.91 Å². The van der Waals surface area contributed by atoms with Gasteiger partial charge in [-0.15, -0.1) is 0 Å². The van der Waals surface area contributed by atoms with E-state index in [1.807, 2.05) is 0 Å². The van der Waals surface area contributed by atoms with E-state index < -0.39 is 34.8 Å². The van der Waals surface area contributed by atoms with Crippen molar-refractivity contribution >= 4 is 46.0 Å². The number of benzene rings is 3. The average molecular weight is 742 g/mol. The SMILES string of the molecule is CCCCCCCCCCCCCCCCOC(=O)c1ccc(Cl)c(NC(=O)C(Oc2ccc(S(=O)Oc3ccc(OC)cc3)cc2)C(C)=O)c1. The van der Waals surface area contributed by atoms with Crippen molar-refractivity contribution in [2.24, 2.45) is 0 Å². The first-order valence-electron chi connectivity index (χ1n) is 18.0. The van der Waals surface area contributed by atoms with Crippen molar-refractivity contribution in [1.82, 2.24) is 0 Å². The van der Waals surface area contributed by atoms with E-state index in [0.717, 1.165) is 19.3 Å². The number of esters is 1. The minimum Gasteiger partial charge on any atom is -0.497 e. The first-order chi connectivity index (χ1) is 24.7. The standard InChI is InChI=1S/C40H52ClNO8S/c1-4-5-6-7-8-9-10-11-12-13-14-15-16-17-28-48-40(45)31-18-27-36(41)37(29-31)42-39(44)38(30(2)43)49-33-23-25-35(26-24-33)51(46)50-34-21-19-32(47-3)20-22-34/h18-27,29,38H,4-17,28H2,1-3H3,(H,42,44). The highest BCUT2D eigenvalue weighted by molar-refractivity contribution is 7.80. The van der Waals surface area contributed by atoms with Gasteiger partial charge in [0.2, 0.25) is 17.2 Å². The number of methoxy groups -OCH3 is 1.